The minimum absolute atomic E-state index is 0.0638. The molecule has 1 aromatic heterocycles. The first-order valence-electron chi connectivity index (χ1n) is 11.3. The molecule has 178 valence electrons. The van der Waals surface area contributed by atoms with Gasteiger partial charge in [-0.1, -0.05) is 18.2 Å². The molecule has 1 saturated heterocycles. The van der Waals surface area contributed by atoms with Gasteiger partial charge in [0.15, 0.2) is 0 Å². The third-order valence-corrected chi connectivity index (χ3v) is 6.12. The lowest BCUT2D eigenvalue weighted by Crippen LogP contribution is -2.48. The highest BCUT2D eigenvalue weighted by Gasteiger charge is 2.29. The van der Waals surface area contributed by atoms with Crippen molar-refractivity contribution in [2.45, 2.75) is 0 Å². The van der Waals surface area contributed by atoms with Crippen molar-refractivity contribution >= 4 is 34.2 Å². The molecule has 0 saturated carbocycles. The lowest BCUT2D eigenvalue weighted by atomic mass is 10.1. The molecule has 4 aromatic rings. The van der Waals surface area contributed by atoms with Crippen LogP contribution >= 0.6 is 0 Å². The number of rotatable bonds is 5. The van der Waals surface area contributed by atoms with Crippen LogP contribution in [0.1, 0.15) is 20.9 Å². The number of fused-ring (bicyclic) bond motifs is 1. The van der Waals surface area contributed by atoms with Gasteiger partial charge >= 0.3 is 0 Å². The van der Waals surface area contributed by atoms with Crippen LogP contribution in [-0.2, 0) is 0 Å². The average molecular weight is 474 g/mol. The first-order chi connectivity index (χ1) is 17.0. The van der Waals surface area contributed by atoms with E-state index in [0.29, 0.717) is 37.1 Å². The molecule has 1 N–H and O–H groups in total. The zero-order valence-corrected chi connectivity index (χ0v) is 19.2. The summed E-state index contributed by atoms with van der Waals surface area (Å²) in [5, 5.41) is 3.38. The molecule has 0 radical (unpaired) electrons. The molecular weight excluding hydrogens is 449 g/mol. The van der Waals surface area contributed by atoms with Crippen molar-refractivity contribution < 1.29 is 23.1 Å². The number of benzene rings is 3. The Labute approximate surface area is 201 Å². The topological polar surface area (TPSA) is 75.0 Å². The first kappa shape index (κ1) is 22.5. The van der Waals surface area contributed by atoms with Gasteiger partial charge in [0.2, 0.25) is 5.76 Å². The highest BCUT2D eigenvalue weighted by molar-refractivity contribution is 6.14. The minimum atomic E-state index is -0.519. The Morgan fingerprint density at radius 2 is 1.69 bits per heavy atom. The lowest BCUT2D eigenvalue weighted by Gasteiger charge is -2.35. The summed E-state index contributed by atoms with van der Waals surface area (Å²) in [6.07, 6.45) is 0. The zero-order chi connectivity index (χ0) is 24.4. The number of methoxy groups -OCH3 is 1. The van der Waals surface area contributed by atoms with E-state index >= 15 is 0 Å². The molecule has 2 heterocycles. The number of hydrogen-bond donors (Lipinski definition) is 1. The van der Waals surface area contributed by atoms with Crippen LogP contribution in [0.25, 0.3) is 11.0 Å². The Morgan fingerprint density at radius 1 is 0.943 bits per heavy atom. The maximum absolute atomic E-state index is 13.6. The van der Waals surface area contributed by atoms with Crippen molar-refractivity contribution in [2.24, 2.45) is 0 Å². The van der Waals surface area contributed by atoms with Crippen molar-refractivity contribution in [1.29, 1.82) is 0 Å². The van der Waals surface area contributed by atoms with Gasteiger partial charge < -0.3 is 24.3 Å². The van der Waals surface area contributed by atoms with Gasteiger partial charge in [0.25, 0.3) is 11.8 Å². The summed E-state index contributed by atoms with van der Waals surface area (Å²) in [7, 11) is 1.63. The Hall–Kier alpha value is -4.33. The molecule has 35 heavy (non-hydrogen) atoms. The first-order valence-corrected chi connectivity index (χ1v) is 11.3. The van der Waals surface area contributed by atoms with E-state index in [1.165, 1.54) is 18.2 Å². The predicted molar refractivity (Wildman–Crippen MR) is 132 cm³/mol. The average Bonchev–Trinajstić information content (AvgIpc) is 3.26. The van der Waals surface area contributed by atoms with Crippen molar-refractivity contribution in [1.82, 2.24) is 4.90 Å². The van der Waals surface area contributed by atoms with Crippen LogP contribution in [0.2, 0.25) is 0 Å². The second kappa shape index (κ2) is 9.50. The fourth-order valence-electron chi connectivity index (χ4n) is 4.24. The fourth-order valence-corrected chi connectivity index (χ4v) is 4.24. The number of carbonyl (C=O) groups excluding carboxylic acids is 2. The molecule has 8 heteroatoms. The summed E-state index contributed by atoms with van der Waals surface area (Å²) >= 11 is 0. The molecular formula is C27H24FN3O4. The number of ether oxygens (including phenoxy) is 1. The summed E-state index contributed by atoms with van der Waals surface area (Å²) in [6.45, 7) is 2.31. The second-order valence-corrected chi connectivity index (χ2v) is 8.24. The van der Waals surface area contributed by atoms with Gasteiger partial charge in [-0.3, -0.25) is 9.59 Å². The summed E-state index contributed by atoms with van der Waals surface area (Å²) in [4.78, 5) is 30.2. The van der Waals surface area contributed by atoms with Gasteiger partial charge in [-0.05, 0) is 54.6 Å². The van der Waals surface area contributed by atoms with E-state index in [4.69, 9.17) is 9.15 Å². The predicted octanol–water partition coefficient (Wildman–Crippen LogP) is 4.80. The van der Waals surface area contributed by atoms with Gasteiger partial charge in [-0.2, -0.15) is 0 Å². The molecule has 3 aromatic carbocycles. The maximum Gasteiger partial charge on any atom is 0.291 e. The van der Waals surface area contributed by atoms with Crippen molar-refractivity contribution in [2.75, 3.05) is 43.5 Å². The van der Waals surface area contributed by atoms with E-state index in [9.17, 15) is 14.0 Å². The van der Waals surface area contributed by atoms with E-state index in [1.54, 1.807) is 36.3 Å². The largest absolute Gasteiger partial charge is 0.497 e. The number of anilines is 2. The van der Waals surface area contributed by atoms with E-state index < -0.39 is 11.7 Å². The van der Waals surface area contributed by atoms with Crippen LogP contribution in [0.4, 0.5) is 15.8 Å². The van der Waals surface area contributed by atoms with E-state index in [0.717, 1.165) is 17.5 Å². The molecule has 2 amide bonds. The van der Waals surface area contributed by atoms with Crippen molar-refractivity contribution in [3.05, 3.63) is 89.9 Å². The molecule has 0 atom stereocenters. The third-order valence-electron chi connectivity index (χ3n) is 6.12. The van der Waals surface area contributed by atoms with Crippen LogP contribution < -0.4 is 15.0 Å². The molecule has 0 aliphatic carbocycles. The number of nitrogens with zero attached hydrogens (tertiary/aromatic N) is 2. The molecule has 7 nitrogen and oxygen atoms in total. The number of nitrogens with one attached hydrogen (secondary N) is 1. The summed E-state index contributed by atoms with van der Waals surface area (Å²) in [5.41, 5.74) is 1.99. The van der Waals surface area contributed by atoms with Crippen LogP contribution in [0.15, 0.2) is 77.2 Å². The molecule has 0 spiro atoms. The number of piperazine rings is 1. The second-order valence-electron chi connectivity index (χ2n) is 8.24. The van der Waals surface area contributed by atoms with Gasteiger partial charge in [0.1, 0.15) is 22.8 Å². The van der Waals surface area contributed by atoms with E-state index in [1.807, 2.05) is 24.3 Å². The van der Waals surface area contributed by atoms with Gasteiger partial charge in [-0.25, -0.2) is 4.39 Å². The Morgan fingerprint density at radius 3 is 2.40 bits per heavy atom. The summed E-state index contributed by atoms with van der Waals surface area (Å²) < 4.78 is 24.8. The SMILES string of the molecule is COc1ccc(N2CCN(C(=O)c3oc4ccccc4c3NC(=O)c3cccc(F)c3)CC2)cc1. The Balaban J connectivity index is 1.36. The van der Waals surface area contributed by atoms with Crippen LogP contribution in [0.3, 0.4) is 0 Å². The van der Waals surface area contributed by atoms with Gasteiger partial charge in [0, 0.05) is 42.8 Å². The number of para-hydroxylation sites is 1. The highest BCUT2D eigenvalue weighted by atomic mass is 19.1. The number of furan rings is 1. The fraction of sp³-hybridized carbons (Fsp3) is 0.185. The quantitative estimate of drug-likeness (QED) is 0.451. The van der Waals surface area contributed by atoms with Crippen LogP contribution in [-0.4, -0.2) is 50.0 Å². The molecule has 5 rings (SSSR count). The summed E-state index contributed by atoms with van der Waals surface area (Å²) in [5.74, 6) is -0.477. The van der Waals surface area contributed by atoms with Gasteiger partial charge in [-0.15, -0.1) is 0 Å². The molecule has 1 fully saturated rings. The maximum atomic E-state index is 13.6. The lowest BCUT2D eigenvalue weighted by molar-refractivity contribution is 0.0718. The molecule has 1 aliphatic heterocycles. The van der Waals surface area contributed by atoms with Crippen LogP contribution in [0, 0.1) is 5.82 Å². The van der Waals surface area contributed by atoms with Crippen molar-refractivity contribution in [3.8, 4) is 5.75 Å². The third kappa shape index (κ3) is 4.55. The number of amides is 2. The van der Waals surface area contributed by atoms with Gasteiger partial charge in [0.05, 0.1) is 7.11 Å². The van der Waals surface area contributed by atoms with Crippen LogP contribution in [0.5, 0.6) is 5.75 Å². The molecule has 0 bridgehead atoms. The Bertz CT molecular complexity index is 1370. The highest BCUT2D eigenvalue weighted by Crippen LogP contribution is 2.33. The normalized spacial score (nSPS) is 13.7. The van der Waals surface area contributed by atoms with Crippen molar-refractivity contribution in [3.63, 3.8) is 0 Å². The minimum Gasteiger partial charge on any atom is -0.497 e. The zero-order valence-electron chi connectivity index (χ0n) is 19.2. The molecule has 1 aliphatic rings. The number of hydrogen-bond acceptors (Lipinski definition) is 5. The number of carbonyl (C=O) groups is 2. The molecule has 0 unspecified atom stereocenters. The standard InChI is InChI=1S/C27H24FN3O4/c1-34-21-11-9-20(10-12-21)30-13-15-31(16-14-30)27(33)25-24(22-7-2-3-8-23(22)35-25)29-26(32)18-5-4-6-19(28)17-18/h2-12,17H,13-16H2,1H3,(H,29,32). The van der Waals surface area contributed by atoms with E-state index in [2.05, 4.69) is 10.2 Å². The number of halogens is 1. The Kier molecular flexibility index (Phi) is 6.10. The van der Waals surface area contributed by atoms with E-state index in [-0.39, 0.29) is 22.9 Å². The monoisotopic (exact) mass is 473 g/mol. The smallest absolute Gasteiger partial charge is 0.291 e. The summed E-state index contributed by atoms with van der Waals surface area (Å²) in [6, 6.07) is 20.3.